The molecule has 2 rings (SSSR count). The zero-order chi connectivity index (χ0) is 14.4. The van der Waals surface area contributed by atoms with Crippen molar-refractivity contribution in [2.24, 2.45) is 0 Å². The number of nitrogens with zero attached hydrogens (tertiary/aromatic N) is 1. The van der Waals surface area contributed by atoms with Crippen molar-refractivity contribution < 1.29 is 4.79 Å². The number of amides is 1. The molecule has 20 heavy (non-hydrogen) atoms. The molecular formula is C15H16BrN3O. The third kappa shape index (κ3) is 4.10. The average Bonchev–Trinajstić information content (AvgIpc) is 2.94. The van der Waals surface area contributed by atoms with Gasteiger partial charge in [-0.3, -0.25) is 4.79 Å². The van der Waals surface area contributed by atoms with E-state index in [-0.39, 0.29) is 17.5 Å². The average molecular weight is 334 g/mol. The standard InChI is InChI=1S/C15H16BrN3O/c16-12-5-7-13(8-6-12)18-10-11(9-17)15(20)19-14-3-1-2-4-14/h5-8,10,14,18H,1-4H2,(H,19,20)/b11-10-. The van der Waals surface area contributed by atoms with E-state index in [1.54, 1.807) is 0 Å². The maximum atomic E-state index is 12.0. The van der Waals surface area contributed by atoms with E-state index in [1.807, 2.05) is 30.3 Å². The molecule has 1 aromatic carbocycles. The Morgan fingerprint density at radius 3 is 2.55 bits per heavy atom. The third-order valence-corrected chi connectivity index (χ3v) is 3.81. The fourth-order valence-corrected chi connectivity index (χ4v) is 2.45. The Hall–Kier alpha value is -1.80. The molecule has 104 valence electrons. The zero-order valence-corrected chi connectivity index (χ0v) is 12.6. The van der Waals surface area contributed by atoms with E-state index in [0.29, 0.717) is 0 Å². The van der Waals surface area contributed by atoms with Gasteiger partial charge in [-0.1, -0.05) is 28.8 Å². The Kier molecular flexibility index (Phi) is 5.19. The van der Waals surface area contributed by atoms with Gasteiger partial charge in [-0.15, -0.1) is 0 Å². The van der Waals surface area contributed by atoms with Crippen molar-refractivity contribution >= 4 is 27.5 Å². The normalized spacial score (nSPS) is 15.7. The van der Waals surface area contributed by atoms with E-state index < -0.39 is 0 Å². The Bertz CT molecular complexity index is 539. The Morgan fingerprint density at radius 2 is 1.95 bits per heavy atom. The first-order valence-electron chi connectivity index (χ1n) is 6.62. The van der Waals surface area contributed by atoms with Crippen molar-refractivity contribution in [2.45, 2.75) is 31.7 Å². The maximum absolute atomic E-state index is 12.0. The first-order valence-corrected chi connectivity index (χ1v) is 7.41. The highest BCUT2D eigenvalue weighted by atomic mass is 79.9. The summed E-state index contributed by atoms with van der Waals surface area (Å²) >= 11 is 3.35. The number of hydrogen-bond acceptors (Lipinski definition) is 3. The van der Waals surface area contributed by atoms with Gasteiger partial charge < -0.3 is 10.6 Å². The summed E-state index contributed by atoms with van der Waals surface area (Å²) in [4.78, 5) is 12.0. The lowest BCUT2D eigenvalue weighted by Crippen LogP contribution is -2.33. The third-order valence-electron chi connectivity index (χ3n) is 3.28. The molecule has 0 bridgehead atoms. The van der Waals surface area contributed by atoms with E-state index in [4.69, 9.17) is 5.26 Å². The number of nitrogens with one attached hydrogen (secondary N) is 2. The maximum Gasteiger partial charge on any atom is 0.263 e. The molecule has 0 saturated heterocycles. The second-order valence-electron chi connectivity index (χ2n) is 4.78. The highest BCUT2D eigenvalue weighted by molar-refractivity contribution is 9.10. The van der Waals surface area contributed by atoms with Crippen molar-refractivity contribution in [1.82, 2.24) is 5.32 Å². The van der Waals surface area contributed by atoms with Crippen LogP contribution >= 0.6 is 15.9 Å². The Labute approximate surface area is 127 Å². The number of carbonyl (C=O) groups excluding carboxylic acids is 1. The molecule has 1 saturated carbocycles. The van der Waals surface area contributed by atoms with Crippen molar-refractivity contribution in [2.75, 3.05) is 5.32 Å². The van der Waals surface area contributed by atoms with Gasteiger partial charge >= 0.3 is 0 Å². The number of carbonyl (C=O) groups is 1. The number of nitriles is 1. The lowest BCUT2D eigenvalue weighted by atomic mass is 10.2. The van der Waals surface area contributed by atoms with Crippen LogP contribution in [0.25, 0.3) is 0 Å². The number of benzene rings is 1. The van der Waals surface area contributed by atoms with Crippen molar-refractivity contribution in [3.63, 3.8) is 0 Å². The minimum absolute atomic E-state index is 0.0971. The van der Waals surface area contributed by atoms with Crippen molar-refractivity contribution in [3.05, 3.63) is 40.5 Å². The first-order chi connectivity index (χ1) is 9.69. The molecule has 1 fully saturated rings. The molecule has 1 aliphatic rings. The molecule has 0 atom stereocenters. The molecule has 0 aromatic heterocycles. The van der Waals surface area contributed by atoms with E-state index in [1.165, 1.54) is 6.20 Å². The molecular weight excluding hydrogens is 318 g/mol. The van der Waals surface area contributed by atoms with Crippen molar-refractivity contribution in [3.8, 4) is 6.07 Å². The van der Waals surface area contributed by atoms with E-state index in [0.717, 1.165) is 35.8 Å². The van der Waals surface area contributed by atoms with Crippen LogP contribution in [0.15, 0.2) is 40.5 Å². The SMILES string of the molecule is N#C/C(=C/Nc1ccc(Br)cc1)C(=O)NC1CCCC1. The molecule has 0 unspecified atom stereocenters. The van der Waals surface area contributed by atoms with Crippen LogP contribution in [-0.2, 0) is 4.79 Å². The van der Waals surface area contributed by atoms with Crippen LogP contribution in [0.1, 0.15) is 25.7 Å². The quantitative estimate of drug-likeness (QED) is 0.656. The van der Waals surface area contributed by atoms with Crippen molar-refractivity contribution in [1.29, 1.82) is 5.26 Å². The van der Waals surface area contributed by atoms with Crippen LogP contribution in [0.5, 0.6) is 0 Å². The summed E-state index contributed by atoms with van der Waals surface area (Å²) < 4.78 is 0.978. The number of rotatable bonds is 4. The second kappa shape index (κ2) is 7.11. The van der Waals surface area contributed by atoms with Crippen LogP contribution in [-0.4, -0.2) is 11.9 Å². The van der Waals surface area contributed by atoms with Gasteiger partial charge in [-0.05, 0) is 37.1 Å². The molecule has 5 heteroatoms. The topological polar surface area (TPSA) is 64.9 Å². The van der Waals surface area contributed by atoms with Gasteiger partial charge in [0.15, 0.2) is 0 Å². The zero-order valence-electron chi connectivity index (χ0n) is 11.0. The van der Waals surface area contributed by atoms with E-state index in [2.05, 4.69) is 26.6 Å². The van der Waals surface area contributed by atoms with Crippen LogP contribution in [0, 0.1) is 11.3 Å². The first kappa shape index (κ1) is 14.6. The lowest BCUT2D eigenvalue weighted by molar-refractivity contribution is -0.117. The Balaban J connectivity index is 1.96. The number of anilines is 1. The summed E-state index contributed by atoms with van der Waals surface area (Å²) in [5, 5.41) is 14.9. The van der Waals surface area contributed by atoms with E-state index in [9.17, 15) is 4.79 Å². The molecule has 1 amide bonds. The highest BCUT2D eigenvalue weighted by Gasteiger charge is 2.19. The van der Waals surface area contributed by atoms with Crippen LogP contribution in [0.4, 0.5) is 5.69 Å². The van der Waals surface area contributed by atoms with Crippen LogP contribution in [0.2, 0.25) is 0 Å². The molecule has 0 heterocycles. The minimum Gasteiger partial charge on any atom is -0.360 e. The van der Waals surface area contributed by atoms with Gasteiger partial charge in [0.1, 0.15) is 11.6 Å². The molecule has 0 aliphatic heterocycles. The fraction of sp³-hybridized carbons (Fsp3) is 0.333. The van der Waals surface area contributed by atoms with Gasteiger partial charge in [-0.25, -0.2) is 0 Å². The van der Waals surface area contributed by atoms with Gasteiger partial charge in [0.05, 0.1) is 0 Å². The lowest BCUT2D eigenvalue weighted by Gasteiger charge is -2.11. The fourth-order valence-electron chi connectivity index (χ4n) is 2.18. The number of hydrogen-bond donors (Lipinski definition) is 2. The van der Waals surface area contributed by atoms with Gasteiger partial charge in [0, 0.05) is 22.4 Å². The van der Waals surface area contributed by atoms with Crippen LogP contribution < -0.4 is 10.6 Å². The molecule has 2 N–H and O–H groups in total. The smallest absolute Gasteiger partial charge is 0.263 e. The molecule has 0 spiro atoms. The summed E-state index contributed by atoms with van der Waals surface area (Å²) in [7, 11) is 0. The molecule has 1 aliphatic carbocycles. The Morgan fingerprint density at radius 1 is 1.30 bits per heavy atom. The molecule has 1 aromatic rings. The monoisotopic (exact) mass is 333 g/mol. The van der Waals surface area contributed by atoms with Gasteiger partial charge in [-0.2, -0.15) is 5.26 Å². The minimum atomic E-state index is -0.302. The predicted molar refractivity (Wildman–Crippen MR) is 81.9 cm³/mol. The highest BCUT2D eigenvalue weighted by Crippen LogP contribution is 2.18. The summed E-state index contributed by atoms with van der Waals surface area (Å²) in [5.41, 5.74) is 0.925. The summed E-state index contributed by atoms with van der Waals surface area (Å²) in [5.74, 6) is -0.302. The summed E-state index contributed by atoms with van der Waals surface area (Å²) in [6.07, 6.45) is 5.75. The van der Waals surface area contributed by atoms with Crippen LogP contribution in [0.3, 0.4) is 0 Å². The predicted octanol–water partition coefficient (Wildman–Crippen LogP) is 3.33. The largest absolute Gasteiger partial charge is 0.360 e. The summed E-state index contributed by atoms with van der Waals surface area (Å²) in [6.45, 7) is 0. The van der Waals surface area contributed by atoms with Gasteiger partial charge in [0.25, 0.3) is 5.91 Å². The number of halogens is 1. The van der Waals surface area contributed by atoms with E-state index >= 15 is 0 Å². The summed E-state index contributed by atoms with van der Waals surface area (Å²) in [6, 6.07) is 9.66. The molecule has 4 nitrogen and oxygen atoms in total. The molecule has 0 radical (unpaired) electrons. The second-order valence-corrected chi connectivity index (χ2v) is 5.69. The van der Waals surface area contributed by atoms with Gasteiger partial charge in [0.2, 0.25) is 0 Å².